The molecule has 24 heavy (non-hydrogen) atoms. The molecule has 1 aliphatic heterocycles. The summed E-state index contributed by atoms with van der Waals surface area (Å²) in [5.41, 5.74) is 6.57. The molecular weight excluding hydrogens is 326 g/mol. The minimum Gasteiger partial charge on any atom is -0.340 e. The lowest BCUT2D eigenvalue weighted by Gasteiger charge is -2.34. The van der Waals surface area contributed by atoms with Crippen LogP contribution in [0.25, 0.3) is 0 Å². The van der Waals surface area contributed by atoms with Gasteiger partial charge in [-0.2, -0.15) is 4.31 Å². The van der Waals surface area contributed by atoms with Crippen molar-refractivity contribution in [3.8, 4) is 0 Å². The summed E-state index contributed by atoms with van der Waals surface area (Å²) in [6.45, 7) is 4.15. The third kappa shape index (κ3) is 4.55. The van der Waals surface area contributed by atoms with Crippen molar-refractivity contribution in [2.75, 3.05) is 32.7 Å². The fourth-order valence-corrected chi connectivity index (χ4v) is 4.28. The standard InChI is InChI=1S/C17H27N3O3S/c1-2-4-15-6-8-16(9-7-15)24(22,23)20-13-11-19(12-14-20)17(21)5-3-10-18/h6-9H,2-5,10-14,18H2,1H3. The number of hydrogen-bond acceptors (Lipinski definition) is 4. The Balaban J connectivity index is 1.98. The van der Waals surface area contributed by atoms with Gasteiger partial charge in [-0.3, -0.25) is 4.79 Å². The fraction of sp³-hybridized carbons (Fsp3) is 0.588. The minimum absolute atomic E-state index is 0.0569. The Morgan fingerprint density at radius 3 is 2.29 bits per heavy atom. The lowest BCUT2D eigenvalue weighted by molar-refractivity contribution is -0.132. The van der Waals surface area contributed by atoms with Gasteiger partial charge in [-0.1, -0.05) is 25.5 Å². The number of carbonyl (C=O) groups is 1. The number of hydrogen-bond donors (Lipinski definition) is 1. The third-order valence-electron chi connectivity index (χ3n) is 4.29. The van der Waals surface area contributed by atoms with Gasteiger partial charge in [-0.25, -0.2) is 8.42 Å². The molecule has 1 fully saturated rings. The minimum atomic E-state index is -3.48. The molecule has 1 heterocycles. The van der Waals surface area contributed by atoms with E-state index in [0.29, 0.717) is 50.5 Å². The van der Waals surface area contributed by atoms with E-state index in [2.05, 4.69) is 6.92 Å². The Morgan fingerprint density at radius 2 is 1.75 bits per heavy atom. The topological polar surface area (TPSA) is 83.7 Å². The number of sulfonamides is 1. The molecule has 0 aliphatic carbocycles. The normalized spacial score (nSPS) is 16.3. The van der Waals surface area contributed by atoms with Crippen LogP contribution >= 0.6 is 0 Å². The van der Waals surface area contributed by atoms with E-state index in [1.807, 2.05) is 12.1 Å². The van der Waals surface area contributed by atoms with Gasteiger partial charge < -0.3 is 10.6 Å². The maximum atomic E-state index is 12.7. The number of amides is 1. The third-order valence-corrected chi connectivity index (χ3v) is 6.20. The van der Waals surface area contributed by atoms with E-state index in [0.717, 1.165) is 18.4 Å². The molecule has 7 heteroatoms. The van der Waals surface area contributed by atoms with Gasteiger partial charge in [0.25, 0.3) is 0 Å². The molecule has 0 atom stereocenters. The quantitative estimate of drug-likeness (QED) is 0.799. The van der Waals surface area contributed by atoms with E-state index in [4.69, 9.17) is 5.73 Å². The predicted octanol–water partition coefficient (Wildman–Crippen LogP) is 1.21. The van der Waals surface area contributed by atoms with E-state index in [1.54, 1.807) is 17.0 Å². The highest BCUT2D eigenvalue weighted by Gasteiger charge is 2.29. The van der Waals surface area contributed by atoms with E-state index in [9.17, 15) is 13.2 Å². The zero-order chi connectivity index (χ0) is 17.6. The summed E-state index contributed by atoms with van der Waals surface area (Å²) in [4.78, 5) is 14.0. The maximum Gasteiger partial charge on any atom is 0.243 e. The molecule has 1 aliphatic rings. The van der Waals surface area contributed by atoms with E-state index >= 15 is 0 Å². The second kappa shape index (κ2) is 8.60. The van der Waals surface area contributed by atoms with Gasteiger partial charge in [0.15, 0.2) is 0 Å². The predicted molar refractivity (Wildman–Crippen MR) is 94.1 cm³/mol. The van der Waals surface area contributed by atoms with Gasteiger partial charge in [-0.15, -0.1) is 0 Å². The number of aryl methyl sites for hydroxylation is 1. The number of carbonyl (C=O) groups excluding carboxylic acids is 1. The lowest BCUT2D eigenvalue weighted by Crippen LogP contribution is -2.50. The van der Waals surface area contributed by atoms with Crippen molar-refractivity contribution >= 4 is 15.9 Å². The number of benzene rings is 1. The summed E-state index contributed by atoms with van der Waals surface area (Å²) in [6, 6.07) is 7.12. The molecular formula is C17H27N3O3S. The van der Waals surface area contributed by atoms with Crippen LogP contribution in [0.5, 0.6) is 0 Å². The molecule has 6 nitrogen and oxygen atoms in total. The first-order valence-electron chi connectivity index (χ1n) is 8.56. The zero-order valence-electron chi connectivity index (χ0n) is 14.3. The molecule has 2 rings (SSSR count). The molecule has 0 bridgehead atoms. The molecule has 1 aromatic rings. The zero-order valence-corrected chi connectivity index (χ0v) is 15.1. The Hall–Kier alpha value is -1.44. The average molecular weight is 353 g/mol. The highest BCUT2D eigenvalue weighted by molar-refractivity contribution is 7.89. The molecule has 0 saturated carbocycles. The highest BCUT2D eigenvalue weighted by atomic mass is 32.2. The number of nitrogens with two attached hydrogens (primary N) is 1. The summed E-state index contributed by atoms with van der Waals surface area (Å²) in [7, 11) is -3.48. The molecule has 0 unspecified atom stereocenters. The van der Waals surface area contributed by atoms with Crippen molar-refractivity contribution in [3.63, 3.8) is 0 Å². The summed E-state index contributed by atoms with van der Waals surface area (Å²) in [6.07, 6.45) is 3.08. The van der Waals surface area contributed by atoms with Crippen LogP contribution in [0.3, 0.4) is 0 Å². The highest BCUT2D eigenvalue weighted by Crippen LogP contribution is 2.19. The summed E-state index contributed by atoms with van der Waals surface area (Å²) >= 11 is 0. The Kier molecular flexibility index (Phi) is 6.77. The van der Waals surface area contributed by atoms with Crippen molar-refractivity contribution in [2.45, 2.75) is 37.5 Å². The van der Waals surface area contributed by atoms with E-state index < -0.39 is 10.0 Å². The second-order valence-electron chi connectivity index (χ2n) is 6.07. The van der Waals surface area contributed by atoms with Crippen LogP contribution in [0.15, 0.2) is 29.2 Å². The van der Waals surface area contributed by atoms with Crippen LogP contribution in [0.2, 0.25) is 0 Å². The summed E-state index contributed by atoms with van der Waals surface area (Å²) in [5.74, 6) is 0.0569. The van der Waals surface area contributed by atoms with E-state index in [1.165, 1.54) is 4.31 Å². The monoisotopic (exact) mass is 353 g/mol. The van der Waals surface area contributed by atoms with Gasteiger partial charge in [0.1, 0.15) is 0 Å². The second-order valence-corrected chi connectivity index (χ2v) is 8.01. The van der Waals surface area contributed by atoms with Crippen molar-refractivity contribution in [2.24, 2.45) is 5.73 Å². The molecule has 1 aromatic carbocycles. The smallest absolute Gasteiger partial charge is 0.243 e. The summed E-state index contributed by atoms with van der Waals surface area (Å²) < 4.78 is 26.9. The van der Waals surface area contributed by atoms with Gasteiger partial charge in [0.2, 0.25) is 15.9 Å². The van der Waals surface area contributed by atoms with Crippen molar-refractivity contribution in [1.82, 2.24) is 9.21 Å². The molecule has 0 spiro atoms. The largest absolute Gasteiger partial charge is 0.340 e. The Morgan fingerprint density at radius 1 is 1.12 bits per heavy atom. The van der Waals surface area contributed by atoms with Crippen molar-refractivity contribution in [3.05, 3.63) is 29.8 Å². The summed E-state index contributed by atoms with van der Waals surface area (Å²) in [5, 5.41) is 0. The van der Waals surface area contributed by atoms with Crippen molar-refractivity contribution < 1.29 is 13.2 Å². The van der Waals surface area contributed by atoms with Gasteiger partial charge in [0, 0.05) is 32.6 Å². The average Bonchev–Trinajstić information content (AvgIpc) is 2.60. The van der Waals surface area contributed by atoms with Gasteiger partial charge in [-0.05, 0) is 37.1 Å². The van der Waals surface area contributed by atoms with Crippen LogP contribution in [0, 0.1) is 0 Å². The molecule has 2 N–H and O–H groups in total. The molecule has 0 aromatic heterocycles. The van der Waals surface area contributed by atoms with Crippen LogP contribution in [0.1, 0.15) is 31.7 Å². The fourth-order valence-electron chi connectivity index (χ4n) is 2.86. The SMILES string of the molecule is CCCc1ccc(S(=O)(=O)N2CCN(C(=O)CCCN)CC2)cc1. The van der Waals surface area contributed by atoms with E-state index in [-0.39, 0.29) is 5.91 Å². The maximum absolute atomic E-state index is 12.7. The first-order valence-corrected chi connectivity index (χ1v) is 10.00. The van der Waals surface area contributed by atoms with Crippen molar-refractivity contribution in [1.29, 1.82) is 0 Å². The molecule has 1 amide bonds. The molecule has 134 valence electrons. The van der Waals surface area contributed by atoms with Gasteiger partial charge >= 0.3 is 0 Å². The van der Waals surface area contributed by atoms with Crippen LogP contribution in [0.4, 0.5) is 0 Å². The number of piperazine rings is 1. The van der Waals surface area contributed by atoms with Gasteiger partial charge in [0.05, 0.1) is 4.90 Å². The number of rotatable bonds is 7. The Bertz CT molecular complexity index is 636. The Labute approximate surface area is 144 Å². The first-order chi connectivity index (χ1) is 11.5. The first kappa shape index (κ1) is 18.9. The lowest BCUT2D eigenvalue weighted by atomic mass is 10.1. The molecule has 1 saturated heterocycles. The van der Waals surface area contributed by atoms with Crippen LogP contribution in [-0.4, -0.2) is 56.3 Å². The molecule has 0 radical (unpaired) electrons. The van der Waals surface area contributed by atoms with Crippen LogP contribution < -0.4 is 5.73 Å². The number of nitrogens with zero attached hydrogens (tertiary/aromatic N) is 2. The van der Waals surface area contributed by atoms with Crippen LogP contribution in [-0.2, 0) is 21.2 Å².